The Morgan fingerprint density at radius 1 is 0.611 bits per heavy atom. The van der Waals surface area contributed by atoms with Crippen LogP contribution in [0.15, 0.2) is 48.5 Å². The Hall–Kier alpha value is -2.22. The van der Waals surface area contributed by atoms with E-state index < -0.39 is 0 Å². The van der Waals surface area contributed by atoms with Crippen LogP contribution in [0, 0.1) is 0 Å². The second kappa shape index (κ2) is 4.96. The van der Waals surface area contributed by atoms with Crippen molar-refractivity contribution in [2.75, 3.05) is 0 Å². The van der Waals surface area contributed by atoms with Gasteiger partial charge in [-0.3, -0.25) is 0 Å². The number of rotatable bonds is 2. The summed E-state index contributed by atoms with van der Waals surface area (Å²) in [5, 5.41) is 18.6. The maximum absolute atomic E-state index is 9.28. The third-order valence-corrected chi connectivity index (χ3v) is 3.16. The largest absolute Gasteiger partial charge is 0.508 e. The van der Waals surface area contributed by atoms with Crippen LogP contribution in [-0.2, 0) is 0 Å². The minimum atomic E-state index is 0.272. The van der Waals surface area contributed by atoms with E-state index in [0.717, 1.165) is 22.3 Å². The van der Waals surface area contributed by atoms with Crippen LogP contribution >= 0.6 is 0 Å². The fraction of sp³-hybridized carbons (Fsp3) is 0.125. The van der Waals surface area contributed by atoms with Crippen LogP contribution in [0.1, 0.15) is 25.0 Å². The Balaban J connectivity index is 2.40. The van der Waals surface area contributed by atoms with Gasteiger partial charge in [0.25, 0.3) is 0 Å². The second-order valence-electron chi connectivity index (χ2n) is 4.34. The Kier molecular flexibility index (Phi) is 3.38. The lowest BCUT2D eigenvalue weighted by atomic mass is 9.97. The lowest BCUT2D eigenvalue weighted by molar-refractivity contribution is 0.474. The van der Waals surface area contributed by atoms with Crippen molar-refractivity contribution in [2.24, 2.45) is 0 Å². The van der Waals surface area contributed by atoms with E-state index in [2.05, 4.69) is 13.8 Å². The highest BCUT2D eigenvalue weighted by atomic mass is 16.3. The predicted octanol–water partition coefficient (Wildman–Crippen LogP) is 4.05. The first-order valence-electron chi connectivity index (χ1n) is 5.84. The van der Waals surface area contributed by atoms with E-state index in [1.807, 2.05) is 24.3 Å². The Labute approximate surface area is 107 Å². The Morgan fingerprint density at radius 2 is 0.889 bits per heavy atom. The van der Waals surface area contributed by atoms with Crippen molar-refractivity contribution in [2.45, 2.75) is 13.8 Å². The van der Waals surface area contributed by atoms with Gasteiger partial charge in [0, 0.05) is 0 Å². The summed E-state index contributed by atoms with van der Waals surface area (Å²) >= 11 is 0. The molecule has 2 nitrogen and oxygen atoms in total. The molecule has 0 radical (unpaired) electrons. The van der Waals surface area contributed by atoms with Gasteiger partial charge in [0.1, 0.15) is 11.5 Å². The first-order valence-corrected chi connectivity index (χ1v) is 5.84. The summed E-state index contributed by atoms with van der Waals surface area (Å²) in [7, 11) is 0. The number of hydrogen-bond acceptors (Lipinski definition) is 2. The number of phenols is 2. The molecule has 0 heterocycles. The van der Waals surface area contributed by atoms with E-state index in [1.54, 1.807) is 24.3 Å². The first kappa shape index (κ1) is 12.2. The molecule has 0 aliphatic carbocycles. The SMILES string of the molecule is CC(=C(C)c1ccc(O)cc1)c1ccc(O)cc1. The molecule has 18 heavy (non-hydrogen) atoms. The summed E-state index contributed by atoms with van der Waals surface area (Å²) in [6, 6.07) is 14.3. The highest BCUT2D eigenvalue weighted by Crippen LogP contribution is 2.27. The van der Waals surface area contributed by atoms with Crippen molar-refractivity contribution in [3.8, 4) is 11.5 Å². The van der Waals surface area contributed by atoms with Gasteiger partial charge in [-0.15, -0.1) is 0 Å². The Bertz CT molecular complexity index is 510. The molecule has 0 aliphatic rings. The summed E-state index contributed by atoms with van der Waals surface area (Å²) in [4.78, 5) is 0. The van der Waals surface area contributed by atoms with Crippen molar-refractivity contribution in [1.82, 2.24) is 0 Å². The van der Waals surface area contributed by atoms with Crippen LogP contribution in [0.25, 0.3) is 11.1 Å². The molecule has 92 valence electrons. The summed E-state index contributed by atoms with van der Waals surface area (Å²) in [5.41, 5.74) is 4.47. The number of aromatic hydroxyl groups is 2. The molecule has 0 atom stereocenters. The van der Waals surface area contributed by atoms with E-state index in [4.69, 9.17) is 0 Å². The fourth-order valence-electron chi connectivity index (χ4n) is 1.86. The molecule has 2 rings (SSSR count). The van der Waals surface area contributed by atoms with E-state index in [1.165, 1.54) is 0 Å². The van der Waals surface area contributed by atoms with Crippen LogP contribution in [0.5, 0.6) is 11.5 Å². The molecule has 2 heteroatoms. The Morgan fingerprint density at radius 3 is 1.17 bits per heavy atom. The lowest BCUT2D eigenvalue weighted by Gasteiger charge is -2.09. The van der Waals surface area contributed by atoms with Crippen molar-refractivity contribution in [1.29, 1.82) is 0 Å². The van der Waals surface area contributed by atoms with Gasteiger partial charge in [0.2, 0.25) is 0 Å². The summed E-state index contributed by atoms with van der Waals surface area (Å²) in [6.07, 6.45) is 0. The van der Waals surface area contributed by atoms with Crippen LogP contribution < -0.4 is 0 Å². The van der Waals surface area contributed by atoms with Gasteiger partial charge < -0.3 is 10.2 Å². The monoisotopic (exact) mass is 240 g/mol. The molecule has 2 aromatic rings. The van der Waals surface area contributed by atoms with Crippen LogP contribution in [-0.4, -0.2) is 10.2 Å². The average molecular weight is 240 g/mol. The van der Waals surface area contributed by atoms with Gasteiger partial charge in [0.15, 0.2) is 0 Å². The number of phenolic OH excluding ortho intramolecular Hbond substituents is 2. The van der Waals surface area contributed by atoms with Gasteiger partial charge >= 0.3 is 0 Å². The quantitative estimate of drug-likeness (QED) is 0.777. The third-order valence-electron chi connectivity index (χ3n) is 3.16. The average Bonchev–Trinajstić information content (AvgIpc) is 2.39. The van der Waals surface area contributed by atoms with Crippen LogP contribution in [0.3, 0.4) is 0 Å². The molecule has 0 unspecified atom stereocenters. The van der Waals surface area contributed by atoms with Gasteiger partial charge in [-0.25, -0.2) is 0 Å². The number of benzene rings is 2. The molecular formula is C16H16O2. The molecule has 2 N–H and O–H groups in total. The zero-order chi connectivity index (χ0) is 13.1. The molecule has 0 spiro atoms. The van der Waals surface area contributed by atoms with Crippen molar-refractivity contribution < 1.29 is 10.2 Å². The zero-order valence-electron chi connectivity index (χ0n) is 10.5. The molecular weight excluding hydrogens is 224 g/mol. The lowest BCUT2D eigenvalue weighted by Crippen LogP contribution is -1.86. The predicted molar refractivity (Wildman–Crippen MR) is 74.4 cm³/mol. The normalized spacial score (nSPS) is 12.1. The van der Waals surface area contributed by atoms with Crippen LogP contribution in [0.4, 0.5) is 0 Å². The summed E-state index contributed by atoms with van der Waals surface area (Å²) in [5.74, 6) is 0.544. The molecule has 0 aliphatic heterocycles. The van der Waals surface area contributed by atoms with Crippen molar-refractivity contribution in [3.63, 3.8) is 0 Å². The van der Waals surface area contributed by atoms with Gasteiger partial charge in [-0.1, -0.05) is 24.3 Å². The maximum Gasteiger partial charge on any atom is 0.115 e. The molecule has 0 saturated heterocycles. The number of allylic oxidation sites excluding steroid dienone is 2. The highest BCUT2D eigenvalue weighted by Gasteiger charge is 2.03. The highest BCUT2D eigenvalue weighted by molar-refractivity contribution is 5.88. The molecule has 2 aromatic carbocycles. The van der Waals surface area contributed by atoms with Crippen LogP contribution in [0.2, 0.25) is 0 Å². The molecule has 0 saturated carbocycles. The first-order chi connectivity index (χ1) is 8.58. The van der Waals surface area contributed by atoms with Crippen molar-refractivity contribution >= 4 is 11.1 Å². The van der Waals surface area contributed by atoms with E-state index in [9.17, 15) is 10.2 Å². The standard InChI is InChI=1S/C16H16O2/c1-11(13-3-7-15(17)8-4-13)12(2)14-5-9-16(18)10-6-14/h3-10,17-18H,1-2H3. The van der Waals surface area contributed by atoms with Crippen molar-refractivity contribution in [3.05, 3.63) is 59.7 Å². The molecule has 0 aromatic heterocycles. The summed E-state index contributed by atoms with van der Waals surface area (Å²) < 4.78 is 0. The third kappa shape index (κ3) is 2.54. The van der Waals surface area contributed by atoms with Gasteiger partial charge in [-0.05, 0) is 60.4 Å². The minimum Gasteiger partial charge on any atom is -0.508 e. The fourth-order valence-corrected chi connectivity index (χ4v) is 1.86. The maximum atomic E-state index is 9.28. The van der Waals surface area contributed by atoms with Gasteiger partial charge in [0.05, 0.1) is 0 Å². The smallest absolute Gasteiger partial charge is 0.115 e. The molecule has 0 bridgehead atoms. The van der Waals surface area contributed by atoms with Gasteiger partial charge in [-0.2, -0.15) is 0 Å². The minimum absolute atomic E-state index is 0.272. The van der Waals surface area contributed by atoms with E-state index in [-0.39, 0.29) is 11.5 Å². The topological polar surface area (TPSA) is 40.5 Å². The number of hydrogen-bond donors (Lipinski definition) is 2. The van der Waals surface area contributed by atoms with E-state index in [0.29, 0.717) is 0 Å². The molecule has 0 fully saturated rings. The molecule has 0 amide bonds. The second-order valence-corrected chi connectivity index (χ2v) is 4.34. The van der Waals surface area contributed by atoms with E-state index >= 15 is 0 Å². The summed E-state index contributed by atoms with van der Waals surface area (Å²) in [6.45, 7) is 4.10. The zero-order valence-corrected chi connectivity index (χ0v) is 10.5.